The van der Waals surface area contributed by atoms with Crippen LogP contribution in [-0.4, -0.2) is 20.8 Å². The van der Waals surface area contributed by atoms with Crippen molar-refractivity contribution < 1.29 is 14.8 Å². The fourth-order valence-electron chi connectivity index (χ4n) is 2.19. The summed E-state index contributed by atoms with van der Waals surface area (Å²) in [6, 6.07) is 6.55. The maximum Gasteiger partial charge on any atom is 0.128 e. The second kappa shape index (κ2) is 4.53. The number of hydrogen-bond acceptors (Lipinski definition) is 2. The summed E-state index contributed by atoms with van der Waals surface area (Å²) in [5.74, 6) is 1.88. The molecule has 0 amide bonds. The van der Waals surface area contributed by atoms with Crippen LogP contribution in [-0.2, 0) is 0 Å². The van der Waals surface area contributed by atoms with Gasteiger partial charge in [-0.3, -0.25) is 0 Å². The molecule has 1 heterocycles. The molecule has 82 valence electrons. The van der Waals surface area contributed by atoms with Gasteiger partial charge in [0.1, 0.15) is 17.5 Å². The van der Waals surface area contributed by atoms with Gasteiger partial charge in [-0.25, -0.2) is 0 Å². The third-order valence-corrected chi connectivity index (χ3v) is 3.01. The zero-order valence-corrected chi connectivity index (χ0v) is 9.32. The highest BCUT2D eigenvalue weighted by atomic mass is 16.5. The van der Waals surface area contributed by atoms with Crippen molar-refractivity contribution in [3.05, 3.63) is 23.8 Å². The Bertz CT molecular complexity index is 332. The summed E-state index contributed by atoms with van der Waals surface area (Å²) in [6.07, 6.45) is 2.51. The van der Waals surface area contributed by atoms with Gasteiger partial charge in [-0.1, -0.05) is 0 Å². The smallest absolute Gasteiger partial charge is 0.128 e. The Balaban J connectivity index is 2.32. The molecule has 1 fully saturated rings. The number of rotatable bonds is 3. The summed E-state index contributed by atoms with van der Waals surface area (Å²) in [7, 11) is 3.42. The Morgan fingerprint density at radius 1 is 1.27 bits per heavy atom. The zero-order chi connectivity index (χ0) is 10.7. The average Bonchev–Trinajstić information content (AvgIpc) is 2.81. The number of nitrogens with two attached hydrogens (primary N) is 1. The van der Waals surface area contributed by atoms with Crippen LogP contribution in [0.2, 0.25) is 0 Å². The molecular formula is C12H18NO2+. The SMILES string of the molecule is COc1ccc(OC)c([C@@H]2CCC[NH2+]2)c1. The second-order valence-electron chi connectivity index (χ2n) is 3.88. The Hall–Kier alpha value is -1.22. The summed E-state index contributed by atoms with van der Waals surface area (Å²) < 4.78 is 10.6. The van der Waals surface area contributed by atoms with Gasteiger partial charge in [0.05, 0.1) is 26.3 Å². The van der Waals surface area contributed by atoms with Crippen LogP contribution in [0.3, 0.4) is 0 Å². The predicted molar refractivity (Wildman–Crippen MR) is 58.3 cm³/mol. The summed E-state index contributed by atoms with van der Waals surface area (Å²) >= 11 is 0. The van der Waals surface area contributed by atoms with Gasteiger partial charge in [-0.2, -0.15) is 0 Å². The van der Waals surface area contributed by atoms with Crippen molar-refractivity contribution in [2.24, 2.45) is 0 Å². The third kappa shape index (κ3) is 2.07. The van der Waals surface area contributed by atoms with E-state index in [2.05, 4.69) is 11.4 Å². The van der Waals surface area contributed by atoms with Crippen molar-refractivity contribution >= 4 is 0 Å². The summed E-state index contributed by atoms with van der Waals surface area (Å²) in [4.78, 5) is 0. The first-order valence-corrected chi connectivity index (χ1v) is 5.40. The van der Waals surface area contributed by atoms with E-state index in [-0.39, 0.29) is 0 Å². The van der Waals surface area contributed by atoms with Crippen LogP contribution in [0.15, 0.2) is 18.2 Å². The molecule has 0 spiro atoms. The molecule has 1 aliphatic rings. The molecule has 0 unspecified atom stereocenters. The molecule has 3 heteroatoms. The fraction of sp³-hybridized carbons (Fsp3) is 0.500. The van der Waals surface area contributed by atoms with Gasteiger partial charge in [0.15, 0.2) is 0 Å². The van der Waals surface area contributed by atoms with Gasteiger partial charge in [0.2, 0.25) is 0 Å². The quantitative estimate of drug-likeness (QED) is 0.807. The number of quaternary nitrogens is 1. The van der Waals surface area contributed by atoms with E-state index >= 15 is 0 Å². The Morgan fingerprint density at radius 3 is 2.73 bits per heavy atom. The van der Waals surface area contributed by atoms with E-state index < -0.39 is 0 Å². The lowest BCUT2D eigenvalue weighted by atomic mass is 10.0. The molecule has 1 saturated heterocycles. The van der Waals surface area contributed by atoms with Gasteiger partial charge in [-0.05, 0) is 18.2 Å². The number of methoxy groups -OCH3 is 2. The van der Waals surface area contributed by atoms with E-state index in [4.69, 9.17) is 9.47 Å². The van der Waals surface area contributed by atoms with Crippen LogP contribution in [0.1, 0.15) is 24.4 Å². The molecule has 3 nitrogen and oxygen atoms in total. The maximum absolute atomic E-state index is 5.38. The molecule has 1 aliphatic heterocycles. The Labute approximate surface area is 90.4 Å². The van der Waals surface area contributed by atoms with Gasteiger partial charge in [0.25, 0.3) is 0 Å². The number of hydrogen-bond donors (Lipinski definition) is 1. The van der Waals surface area contributed by atoms with Crippen molar-refractivity contribution in [3.63, 3.8) is 0 Å². The summed E-state index contributed by atoms with van der Waals surface area (Å²) in [5, 5.41) is 2.37. The largest absolute Gasteiger partial charge is 0.497 e. The monoisotopic (exact) mass is 208 g/mol. The minimum atomic E-state index is 0.537. The Morgan fingerprint density at radius 2 is 2.13 bits per heavy atom. The van der Waals surface area contributed by atoms with Crippen LogP contribution in [0.25, 0.3) is 0 Å². The lowest BCUT2D eigenvalue weighted by Gasteiger charge is -2.13. The van der Waals surface area contributed by atoms with E-state index in [1.807, 2.05) is 12.1 Å². The van der Waals surface area contributed by atoms with E-state index in [1.165, 1.54) is 24.9 Å². The minimum absolute atomic E-state index is 0.537. The standard InChI is InChI=1S/C12H17NO2/c1-14-9-5-6-12(15-2)10(8-9)11-4-3-7-13-11/h5-6,8,11,13H,3-4,7H2,1-2H3/p+1/t11-/m0/s1. The predicted octanol–water partition coefficient (Wildman–Crippen LogP) is 1.10. The van der Waals surface area contributed by atoms with Gasteiger partial charge in [-0.15, -0.1) is 0 Å². The highest BCUT2D eigenvalue weighted by molar-refractivity contribution is 5.41. The lowest BCUT2D eigenvalue weighted by Crippen LogP contribution is -2.81. The first-order valence-electron chi connectivity index (χ1n) is 5.40. The van der Waals surface area contributed by atoms with Crippen molar-refractivity contribution in [2.75, 3.05) is 20.8 Å². The van der Waals surface area contributed by atoms with Crippen LogP contribution in [0.4, 0.5) is 0 Å². The van der Waals surface area contributed by atoms with Crippen molar-refractivity contribution in [2.45, 2.75) is 18.9 Å². The van der Waals surface area contributed by atoms with Gasteiger partial charge in [0, 0.05) is 12.8 Å². The first-order chi connectivity index (χ1) is 7.35. The Kier molecular flexibility index (Phi) is 3.11. The normalized spacial score (nSPS) is 20.3. The van der Waals surface area contributed by atoms with Crippen LogP contribution < -0.4 is 14.8 Å². The molecule has 1 aromatic carbocycles. The second-order valence-corrected chi connectivity index (χ2v) is 3.88. The number of ether oxygens (including phenoxy) is 2. The zero-order valence-electron chi connectivity index (χ0n) is 9.32. The van der Waals surface area contributed by atoms with E-state index in [9.17, 15) is 0 Å². The molecule has 0 aromatic heterocycles. The summed E-state index contributed by atoms with van der Waals surface area (Å²) in [5.41, 5.74) is 1.26. The summed E-state index contributed by atoms with van der Waals surface area (Å²) in [6.45, 7) is 1.21. The lowest BCUT2D eigenvalue weighted by molar-refractivity contribution is -0.676. The third-order valence-electron chi connectivity index (χ3n) is 3.01. The fourth-order valence-corrected chi connectivity index (χ4v) is 2.19. The molecule has 1 atom stereocenters. The molecular weight excluding hydrogens is 190 g/mol. The molecule has 2 N–H and O–H groups in total. The van der Waals surface area contributed by atoms with Crippen molar-refractivity contribution in [1.29, 1.82) is 0 Å². The van der Waals surface area contributed by atoms with Crippen molar-refractivity contribution in [1.82, 2.24) is 0 Å². The van der Waals surface area contributed by atoms with Gasteiger partial charge < -0.3 is 14.8 Å². The van der Waals surface area contributed by atoms with E-state index in [0.29, 0.717) is 6.04 Å². The van der Waals surface area contributed by atoms with Crippen LogP contribution >= 0.6 is 0 Å². The molecule has 2 rings (SSSR count). The molecule has 0 bridgehead atoms. The van der Waals surface area contributed by atoms with Crippen molar-refractivity contribution in [3.8, 4) is 11.5 Å². The molecule has 1 aromatic rings. The topological polar surface area (TPSA) is 35.1 Å². The molecule has 0 saturated carbocycles. The molecule has 0 aliphatic carbocycles. The minimum Gasteiger partial charge on any atom is -0.497 e. The average molecular weight is 208 g/mol. The first kappa shape index (κ1) is 10.3. The highest BCUT2D eigenvalue weighted by Gasteiger charge is 2.24. The van der Waals surface area contributed by atoms with Crippen LogP contribution in [0, 0.1) is 0 Å². The highest BCUT2D eigenvalue weighted by Crippen LogP contribution is 2.30. The van der Waals surface area contributed by atoms with Crippen LogP contribution in [0.5, 0.6) is 11.5 Å². The molecule has 0 radical (unpaired) electrons. The van der Waals surface area contributed by atoms with E-state index in [0.717, 1.165) is 11.5 Å². The van der Waals surface area contributed by atoms with Gasteiger partial charge >= 0.3 is 0 Å². The molecule has 15 heavy (non-hydrogen) atoms. The maximum atomic E-state index is 5.38. The van der Waals surface area contributed by atoms with E-state index in [1.54, 1.807) is 14.2 Å². The number of benzene rings is 1.